The average Bonchev–Trinajstić information content (AvgIpc) is 3.68. The zero-order valence-electron chi connectivity index (χ0n) is 40.6. The number of thioether (sulfide) groups is 2. The van der Waals surface area contributed by atoms with Crippen LogP contribution in [0.2, 0.25) is 0 Å². The zero-order valence-corrected chi connectivity index (χ0v) is 42.2. The molecule has 1 N–H and O–H groups in total. The summed E-state index contributed by atoms with van der Waals surface area (Å²) in [6.45, 7) is 10.8. The lowest BCUT2D eigenvalue weighted by Gasteiger charge is -2.45. The van der Waals surface area contributed by atoms with Crippen molar-refractivity contribution in [2.45, 2.75) is 73.4 Å². The van der Waals surface area contributed by atoms with E-state index in [0.29, 0.717) is 0 Å². The summed E-state index contributed by atoms with van der Waals surface area (Å²) >= 11 is 1.88. The van der Waals surface area contributed by atoms with Crippen LogP contribution in [0.5, 0.6) is 0 Å². The van der Waals surface area contributed by atoms with Gasteiger partial charge in [-0.05, 0) is 67.4 Å². The van der Waals surface area contributed by atoms with Crippen LogP contribution >= 0.6 is 23.5 Å². The SMILES string of the molecule is C=CC(=O)N1CCN(c2nc(=O)n3c4c(c(-c5ccc(F)cc5)c(C(F)(F)F)cc24)SCC(OC(=C)C(=O)N2[C@H](C)CN(c4nc(=O)n5c6c(c(-c7ccc(F)cc7)c(C(F)(F)F)cc46)SCC(O)C5)C[C@@H]2C)C3)CC1. The summed E-state index contributed by atoms with van der Waals surface area (Å²) in [5.74, 6) is -3.06. The van der Waals surface area contributed by atoms with Gasteiger partial charge in [0.15, 0.2) is 5.76 Å². The Labute approximate surface area is 436 Å². The molecule has 2 fully saturated rings. The van der Waals surface area contributed by atoms with E-state index >= 15 is 26.3 Å². The predicted octanol–water partition coefficient (Wildman–Crippen LogP) is 8.19. The number of aromatic nitrogens is 4. The molecule has 10 rings (SSSR count). The summed E-state index contributed by atoms with van der Waals surface area (Å²) in [4.78, 5) is 70.0. The Kier molecular flexibility index (Phi) is 13.7. The first-order valence-corrected chi connectivity index (χ1v) is 25.9. The number of hydrogen-bond donors (Lipinski definition) is 1. The predicted molar refractivity (Wildman–Crippen MR) is 271 cm³/mol. The summed E-state index contributed by atoms with van der Waals surface area (Å²) in [5.41, 5.74) is -4.14. The van der Waals surface area contributed by atoms with Crippen LogP contribution in [0.4, 0.5) is 46.8 Å². The smallest absolute Gasteiger partial charge is 0.417 e. The number of piperazine rings is 2. The molecule has 14 nitrogen and oxygen atoms in total. The first kappa shape index (κ1) is 52.5. The molecule has 0 spiro atoms. The number of ether oxygens (including phenoxy) is 1. The third-order valence-electron chi connectivity index (χ3n) is 14.0. The van der Waals surface area contributed by atoms with Crippen molar-refractivity contribution in [2.75, 3.05) is 60.6 Å². The molecule has 0 radical (unpaired) electrons. The quantitative estimate of drug-likeness (QED) is 0.0891. The number of benzene rings is 4. The van der Waals surface area contributed by atoms with E-state index in [1.165, 1.54) is 38.6 Å². The van der Waals surface area contributed by atoms with Crippen LogP contribution in [0.15, 0.2) is 105 Å². The Bertz CT molecular complexity index is 3480. The van der Waals surface area contributed by atoms with Gasteiger partial charge >= 0.3 is 23.7 Å². The molecule has 2 saturated heterocycles. The molecule has 4 aromatic carbocycles. The molecule has 0 aliphatic carbocycles. The number of alkyl halides is 6. The van der Waals surface area contributed by atoms with E-state index in [9.17, 15) is 33.1 Å². The molecule has 6 aromatic rings. The van der Waals surface area contributed by atoms with Crippen LogP contribution in [-0.2, 0) is 39.8 Å². The van der Waals surface area contributed by atoms with Crippen LogP contribution in [0.3, 0.4) is 0 Å². The molecule has 0 saturated carbocycles. The van der Waals surface area contributed by atoms with Crippen molar-refractivity contribution in [3.63, 3.8) is 0 Å². The van der Waals surface area contributed by atoms with Crippen molar-refractivity contribution in [2.24, 2.45) is 0 Å². The molecule has 4 aliphatic rings. The van der Waals surface area contributed by atoms with Gasteiger partial charge in [-0.3, -0.25) is 18.7 Å². The minimum absolute atomic E-state index is 0.0114. The fraction of sp³-hybridized carbons (Fsp3) is 0.346. The number of anilines is 2. The summed E-state index contributed by atoms with van der Waals surface area (Å²) in [7, 11) is 0. The van der Waals surface area contributed by atoms with Gasteiger partial charge < -0.3 is 29.4 Å². The standard InChI is InChI=1S/C52H46F8N8O6S2/c1-5-39(70)63-14-16-64(17-15-63)46-35-18-37(51(55,56)57)41(30-8-12-32(54)13-9-30)45-43(35)67(50(73)61-46)23-34(25-76-45)74-28(4)48(71)68-26(2)20-65(21-27(68)3)47-36-19-38(52(58,59)60)40(29-6-10-31(53)11-7-29)44-42(36)66(49(72)62-47)22-33(69)24-75-44/h5-13,18-19,26-27,33-34,69H,1,4,14-17,20-25H2,2-3H3/t26-,27+,33?,34?. The highest BCUT2D eigenvalue weighted by molar-refractivity contribution is 8.00. The zero-order chi connectivity index (χ0) is 54.3. The van der Waals surface area contributed by atoms with Gasteiger partial charge in [-0.15, -0.1) is 23.5 Å². The number of nitrogens with zero attached hydrogens (tertiary/aromatic N) is 8. The fourth-order valence-corrected chi connectivity index (χ4v) is 13.1. The van der Waals surface area contributed by atoms with Crippen LogP contribution in [-0.4, -0.2) is 121 Å². The van der Waals surface area contributed by atoms with Crippen LogP contribution in [0.1, 0.15) is 25.0 Å². The molecule has 0 bridgehead atoms. The lowest BCUT2D eigenvalue weighted by molar-refractivity contribution is -0.137. The number of hydrogen-bond acceptors (Lipinski definition) is 12. The van der Waals surface area contributed by atoms with Crippen molar-refractivity contribution in [3.05, 3.63) is 129 Å². The van der Waals surface area contributed by atoms with Gasteiger partial charge in [-0.2, -0.15) is 36.3 Å². The number of halogens is 8. The minimum atomic E-state index is -4.95. The Morgan fingerprint density at radius 1 is 0.697 bits per heavy atom. The monoisotopic (exact) mass is 1090 g/mol. The summed E-state index contributed by atoms with van der Waals surface area (Å²) in [5, 5.41) is 10.8. The van der Waals surface area contributed by atoms with Gasteiger partial charge in [0, 0.05) is 94.5 Å². The van der Waals surface area contributed by atoms with Crippen molar-refractivity contribution in [3.8, 4) is 22.3 Å². The van der Waals surface area contributed by atoms with Gasteiger partial charge in [0.2, 0.25) is 5.91 Å². The molecule has 2 amide bonds. The van der Waals surface area contributed by atoms with Crippen molar-refractivity contribution in [1.82, 2.24) is 28.9 Å². The molecule has 76 heavy (non-hydrogen) atoms. The van der Waals surface area contributed by atoms with Crippen LogP contribution in [0, 0.1) is 11.6 Å². The molecular formula is C52H46F8N8O6S2. The third-order valence-corrected chi connectivity index (χ3v) is 16.4. The normalized spacial score (nSPS) is 20.1. The second-order valence-corrected chi connectivity index (χ2v) is 21.0. The molecule has 24 heteroatoms. The molecule has 6 heterocycles. The average molecular weight is 1100 g/mol. The third kappa shape index (κ3) is 9.56. The number of carbonyl (C=O) groups is 2. The number of amides is 2. The van der Waals surface area contributed by atoms with E-state index in [0.717, 1.165) is 70.6 Å². The van der Waals surface area contributed by atoms with Crippen molar-refractivity contribution < 1.29 is 54.6 Å². The maximum absolute atomic E-state index is 15.3. The van der Waals surface area contributed by atoms with E-state index < -0.39 is 76.7 Å². The first-order chi connectivity index (χ1) is 36.0. The maximum atomic E-state index is 15.3. The molecule has 2 unspecified atom stereocenters. The minimum Gasteiger partial charge on any atom is -0.483 e. The van der Waals surface area contributed by atoms with Gasteiger partial charge in [0.05, 0.1) is 41.4 Å². The molecular weight excluding hydrogens is 1050 g/mol. The maximum Gasteiger partial charge on any atom is 0.417 e. The Morgan fingerprint density at radius 2 is 1.16 bits per heavy atom. The molecule has 4 atom stereocenters. The summed E-state index contributed by atoms with van der Waals surface area (Å²) in [6, 6.07) is 9.34. The van der Waals surface area contributed by atoms with E-state index in [1.54, 1.807) is 23.6 Å². The number of aliphatic hydroxyl groups is 1. The Morgan fingerprint density at radius 3 is 1.63 bits per heavy atom. The van der Waals surface area contributed by atoms with Crippen LogP contribution < -0.4 is 21.2 Å². The number of aliphatic hydroxyl groups excluding tert-OH is 1. The van der Waals surface area contributed by atoms with Crippen LogP contribution in [0.25, 0.3) is 44.1 Å². The Hall–Kier alpha value is -6.92. The lowest BCUT2D eigenvalue weighted by atomic mass is 9.96. The number of rotatable bonds is 8. The molecule has 398 valence electrons. The first-order valence-electron chi connectivity index (χ1n) is 23.9. The molecule has 4 aliphatic heterocycles. The van der Waals surface area contributed by atoms with Gasteiger partial charge in [-0.1, -0.05) is 37.4 Å². The molecule has 2 aromatic heterocycles. The van der Waals surface area contributed by atoms with Gasteiger partial charge in [0.1, 0.15) is 29.4 Å². The van der Waals surface area contributed by atoms with Gasteiger partial charge in [-0.25, -0.2) is 18.4 Å². The highest BCUT2D eigenvalue weighted by Crippen LogP contribution is 2.50. The van der Waals surface area contributed by atoms with Gasteiger partial charge in [0.25, 0.3) is 5.91 Å². The highest BCUT2D eigenvalue weighted by atomic mass is 32.2. The Balaban J connectivity index is 0.966. The number of carbonyl (C=O) groups excluding carboxylic acids is 2. The fourth-order valence-electron chi connectivity index (χ4n) is 10.6. The summed E-state index contributed by atoms with van der Waals surface area (Å²) < 4.78 is 128. The lowest BCUT2D eigenvalue weighted by Crippen LogP contribution is -2.59. The second-order valence-electron chi connectivity index (χ2n) is 19.0. The van der Waals surface area contributed by atoms with E-state index in [1.807, 2.05) is 0 Å². The van der Waals surface area contributed by atoms with Crippen molar-refractivity contribution >= 4 is 68.8 Å². The summed E-state index contributed by atoms with van der Waals surface area (Å²) in [6.07, 6.45) is -10.9. The topological polar surface area (TPSA) is 146 Å². The van der Waals surface area contributed by atoms with E-state index in [4.69, 9.17) is 4.74 Å². The van der Waals surface area contributed by atoms with E-state index in [2.05, 4.69) is 23.1 Å². The van der Waals surface area contributed by atoms with Crippen molar-refractivity contribution in [1.29, 1.82) is 0 Å². The van der Waals surface area contributed by atoms with E-state index in [-0.39, 0.29) is 141 Å². The second kappa shape index (κ2) is 19.9. The largest absolute Gasteiger partial charge is 0.483 e. The highest BCUT2D eigenvalue weighted by Gasteiger charge is 2.42.